The Hall–Kier alpha value is -3.84. The summed E-state index contributed by atoms with van der Waals surface area (Å²) in [5.74, 6) is 1.55. The Morgan fingerprint density at radius 1 is 1.08 bits per heavy atom. The Morgan fingerprint density at radius 3 is 2.54 bits per heavy atom. The minimum Gasteiger partial charge on any atom is -0.491 e. The van der Waals surface area contributed by atoms with E-state index in [9.17, 15) is 9.59 Å². The summed E-state index contributed by atoms with van der Waals surface area (Å²) in [6.07, 6.45) is 2.37. The van der Waals surface area contributed by atoms with Crippen molar-refractivity contribution in [2.45, 2.75) is 45.7 Å². The van der Waals surface area contributed by atoms with Crippen LogP contribution in [0.15, 0.2) is 82.8 Å². The van der Waals surface area contributed by atoms with Crippen molar-refractivity contribution in [2.75, 3.05) is 19.7 Å². The third kappa shape index (κ3) is 6.25. The van der Waals surface area contributed by atoms with Gasteiger partial charge >= 0.3 is 0 Å². The maximum atomic E-state index is 13.8. The number of amides is 2. The number of rotatable bonds is 9. The van der Waals surface area contributed by atoms with Gasteiger partial charge in [-0.15, -0.1) is 11.3 Å². The van der Waals surface area contributed by atoms with Gasteiger partial charge in [0.15, 0.2) is 0 Å². The van der Waals surface area contributed by atoms with E-state index < -0.39 is 0 Å². The minimum atomic E-state index is -0.225. The van der Waals surface area contributed by atoms with Crippen LogP contribution in [0.1, 0.15) is 63.5 Å². The zero-order valence-electron chi connectivity index (χ0n) is 22.6. The first-order valence-corrected chi connectivity index (χ1v) is 14.2. The molecule has 1 atom stereocenters. The average Bonchev–Trinajstić information content (AvgIpc) is 3.64. The number of nitrogens with zero attached hydrogens (tertiary/aromatic N) is 2. The van der Waals surface area contributed by atoms with Crippen LogP contribution in [0.2, 0.25) is 0 Å². The second-order valence-corrected chi connectivity index (χ2v) is 11.3. The SMILES string of the molecule is Cc1ccc(C(=O)N(CC(=O)N2CCc3sccc3[C@@H]2COc2ccc(C(C)C)cc2)Cc2ccco2)cc1. The van der Waals surface area contributed by atoms with E-state index in [1.807, 2.05) is 42.2 Å². The standard InChI is InChI=1S/C32H34N2O4S/c1-22(2)24-10-12-26(13-11-24)38-21-29-28-15-18-39-30(28)14-16-34(29)31(35)20-33(19-27-5-4-17-37-27)32(36)25-8-6-23(3)7-9-25/h4-13,15,17-18,22,29H,14,16,19-21H2,1-3H3/t29-/m0/s1. The van der Waals surface area contributed by atoms with Gasteiger partial charge in [0, 0.05) is 17.0 Å². The molecular formula is C32H34N2O4S. The molecule has 5 rings (SSSR count). The molecule has 202 valence electrons. The summed E-state index contributed by atoms with van der Waals surface area (Å²) < 4.78 is 11.7. The van der Waals surface area contributed by atoms with E-state index in [4.69, 9.17) is 9.15 Å². The molecular weight excluding hydrogens is 508 g/mol. The number of carbonyl (C=O) groups is 2. The van der Waals surface area contributed by atoms with Crippen LogP contribution in [-0.2, 0) is 17.8 Å². The van der Waals surface area contributed by atoms with E-state index in [1.54, 1.807) is 40.7 Å². The number of carbonyl (C=O) groups excluding carboxylic acids is 2. The molecule has 3 heterocycles. The van der Waals surface area contributed by atoms with Crippen molar-refractivity contribution in [1.29, 1.82) is 0 Å². The normalized spacial score (nSPS) is 14.8. The molecule has 4 aromatic rings. The van der Waals surface area contributed by atoms with Gasteiger partial charge in [-0.05, 0) is 78.2 Å². The maximum absolute atomic E-state index is 13.8. The van der Waals surface area contributed by atoms with Gasteiger partial charge in [-0.1, -0.05) is 43.7 Å². The number of aryl methyl sites for hydroxylation is 1. The summed E-state index contributed by atoms with van der Waals surface area (Å²) in [6.45, 7) is 7.41. The van der Waals surface area contributed by atoms with Gasteiger partial charge in [0.1, 0.15) is 24.7 Å². The van der Waals surface area contributed by atoms with Crippen molar-refractivity contribution >= 4 is 23.2 Å². The molecule has 0 saturated heterocycles. The van der Waals surface area contributed by atoms with Crippen LogP contribution in [0.4, 0.5) is 0 Å². The summed E-state index contributed by atoms with van der Waals surface area (Å²) in [5, 5.41) is 2.08. The van der Waals surface area contributed by atoms with Crippen molar-refractivity contribution in [2.24, 2.45) is 0 Å². The highest BCUT2D eigenvalue weighted by atomic mass is 32.1. The summed E-state index contributed by atoms with van der Waals surface area (Å²) in [5.41, 5.74) is 4.00. The predicted octanol–water partition coefficient (Wildman–Crippen LogP) is 6.62. The van der Waals surface area contributed by atoms with Crippen LogP contribution in [0.5, 0.6) is 5.75 Å². The molecule has 39 heavy (non-hydrogen) atoms. The third-order valence-electron chi connectivity index (χ3n) is 7.21. The number of benzene rings is 2. The minimum absolute atomic E-state index is 0.0491. The molecule has 0 bridgehead atoms. The van der Waals surface area contributed by atoms with Crippen LogP contribution in [0, 0.1) is 6.92 Å². The van der Waals surface area contributed by atoms with Crippen molar-refractivity contribution < 1.29 is 18.7 Å². The molecule has 0 fully saturated rings. The molecule has 2 amide bonds. The predicted molar refractivity (Wildman–Crippen MR) is 153 cm³/mol. The maximum Gasteiger partial charge on any atom is 0.254 e. The second-order valence-electron chi connectivity index (χ2n) is 10.3. The molecule has 0 spiro atoms. The first-order valence-electron chi connectivity index (χ1n) is 13.4. The number of ether oxygens (including phenoxy) is 1. The molecule has 1 aliphatic heterocycles. The number of furan rings is 1. The fraction of sp³-hybridized carbons (Fsp3) is 0.312. The van der Waals surface area contributed by atoms with Crippen LogP contribution >= 0.6 is 11.3 Å². The van der Waals surface area contributed by atoms with Crippen LogP contribution in [-0.4, -0.2) is 41.3 Å². The lowest BCUT2D eigenvalue weighted by Gasteiger charge is -2.37. The van der Waals surface area contributed by atoms with Gasteiger partial charge in [-0.2, -0.15) is 0 Å². The lowest BCUT2D eigenvalue weighted by atomic mass is 10.00. The smallest absolute Gasteiger partial charge is 0.254 e. The highest BCUT2D eigenvalue weighted by molar-refractivity contribution is 7.10. The zero-order chi connectivity index (χ0) is 27.4. The first kappa shape index (κ1) is 26.8. The fourth-order valence-electron chi connectivity index (χ4n) is 4.92. The molecule has 7 heteroatoms. The van der Waals surface area contributed by atoms with E-state index >= 15 is 0 Å². The van der Waals surface area contributed by atoms with Gasteiger partial charge in [-0.25, -0.2) is 0 Å². The lowest BCUT2D eigenvalue weighted by molar-refractivity contribution is -0.135. The number of fused-ring (bicyclic) bond motifs is 1. The van der Waals surface area contributed by atoms with E-state index in [-0.39, 0.29) is 30.9 Å². The van der Waals surface area contributed by atoms with Gasteiger partial charge < -0.3 is 19.0 Å². The van der Waals surface area contributed by atoms with Crippen LogP contribution < -0.4 is 4.74 Å². The molecule has 0 aliphatic carbocycles. The first-order chi connectivity index (χ1) is 18.9. The molecule has 0 unspecified atom stereocenters. The Morgan fingerprint density at radius 2 is 1.85 bits per heavy atom. The number of hydrogen-bond acceptors (Lipinski definition) is 5. The highest BCUT2D eigenvalue weighted by Crippen LogP contribution is 2.34. The molecule has 6 nitrogen and oxygen atoms in total. The van der Waals surface area contributed by atoms with Crippen LogP contribution in [0.3, 0.4) is 0 Å². The van der Waals surface area contributed by atoms with Crippen molar-refractivity contribution in [3.8, 4) is 5.75 Å². The van der Waals surface area contributed by atoms with Crippen molar-refractivity contribution in [1.82, 2.24) is 9.80 Å². The molecule has 2 aromatic carbocycles. The van der Waals surface area contributed by atoms with E-state index in [0.29, 0.717) is 30.4 Å². The summed E-state index contributed by atoms with van der Waals surface area (Å²) in [6, 6.07) is 21.0. The Labute approximate surface area is 233 Å². The van der Waals surface area contributed by atoms with E-state index in [1.165, 1.54) is 10.4 Å². The second kappa shape index (κ2) is 11.9. The third-order valence-corrected chi connectivity index (χ3v) is 8.21. The molecule has 0 radical (unpaired) electrons. The Kier molecular flexibility index (Phi) is 8.17. The molecule has 1 aliphatic rings. The molecule has 0 saturated carbocycles. The largest absolute Gasteiger partial charge is 0.491 e. The zero-order valence-corrected chi connectivity index (χ0v) is 23.4. The van der Waals surface area contributed by atoms with E-state index in [0.717, 1.165) is 23.3 Å². The average molecular weight is 543 g/mol. The van der Waals surface area contributed by atoms with Gasteiger partial charge in [0.25, 0.3) is 5.91 Å². The quantitative estimate of drug-likeness (QED) is 0.238. The summed E-state index contributed by atoms with van der Waals surface area (Å²) in [7, 11) is 0. The van der Waals surface area contributed by atoms with Gasteiger partial charge in [0.2, 0.25) is 5.91 Å². The fourth-order valence-corrected chi connectivity index (χ4v) is 5.85. The lowest BCUT2D eigenvalue weighted by Crippen LogP contribution is -2.47. The summed E-state index contributed by atoms with van der Waals surface area (Å²) >= 11 is 1.72. The van der Waals surface area contributed by atoms with Crippen LogP contribution in [0.25, 0.3) is 0 Å². The number of thiophene rings is 1. The number of hydrogen-bond donors (Lipinski definition) is 0. The van der Waals surface area contributed by atoms with Crippen molar-refractivity contribution in [3.05, 3.63) is 111 Å². The Bertz CT molecular complexity index is 1390. The topological polar surface area (TPSA) is 63.0 Å². The monoisotopic (exact) mass is 542 g/mol. The van der Waals surface area contributed by atoms with E-state index in [2.05, 4.69) is 37.4 Å². The molecule has 2 aromatic heterocycles. The molecule has 0 N–H and O–H groups in total. The van der Waals surface area contributed by atoms with Gasteiger partial charge in [-0.3, -0.25) is 9.59 Å². The van der Waals surface area contributed by atoms with Gasteiger partial charge in [0.05, 0.1) is 18.8 Å². The summed E-state index contributed by atoms with van der Waals surface area (Å²) in [4.78, 5) is 32.1. The highest BCUT2D eigenvalue weighted by Gasteiger charge is 2.34. The Balaban J connectivity index is 1.35. The van der Waals surface area contributed by atoms with Crippen molar-refractivity contribution in [3.63, 3.8) is 0 Å².